The fourth-order valence-electron chi connectivity index (χ4n) is 4.80. The molecule has 1 aromatic rings. The zero-order valence-electron chi connectivity index (χ0n) is 18.2. The maximum Gasteiger partial charge on any atom is 0.416 e. The number of likely N-dealkylation sites (tertiary alicyclic amines) is 1. The van der Waals surface area contributed by atoms with Crippen LogP contribution in [-0.4, -0.2) is 66.5 Å². The average Bonchev–Trinajstić information content (AvgIpc) is 2.82. The Balaban J connectivity index is 1.51. The number of nitrogens with one attached hydrogen (secondary N) is 1. The molecule has 1 amide bonds. The van der Waals surface area contributed by atoms with Crippen molar-refractivity contribution in [2.75, 3.05) is 31.4 Å². The van der Waals surface area contributed by atoms with Crippen LogP contribution in [0, 0.1) is 5.41 Å². The summed E-state index contributed by atoms with van der Waals surface area (Å²) in [7, 11) is -3.67. The SMILES string of the molecule is N=C1CC2=C(CN(S(=O)(=O)CCl)CC2)C(C(=O)N2CCC(c3ccccc3C(F)(F)F)CC2)=N1. The number of halogens is 4. The summed E-state index contributed by atoms with van der Waals surface area (Å²) < 4.78 is 66.0. The van der Waals surface area contributed by atoms with E-state index in [1.54, 1.807) is 6.07 Å². The van der Waals surface area contributed by atoms with Gasteiger partial charge in [0.05, 0.1) is 5.56 Å². The smallest absolute Gasteiger partial charge is 0.337 e. The fraction of sp³-hybridized carbons (Fsp3) is 0.500. The van der Waals surface area contributed by atoms with Gasteiger partial charge in [0.15, 0.2) is 0 Å². The number of piperidine rings is 1. The van der Waals surface area contributed by atoms with Crippen LogP contribution in [0.2, 0.25) is 0 Å². The van der Waals surface area contributed by atoms with E-state index in [0.717, 1.165) is 11.6 Å². The van der Waals surface area contributed by atoms with Gasteiger partial charge in [-0.25, -0.2) is 13.4 Å². The second-order valence-corrected chi connectivity index (χ2v) is 11.2. The highest BCUT2D eigenvalue weighted by Gasteiger charge is 2.38. The van der Waals surface area contributed by atoms with Gasteiger partial charge in [-0.15, -0.1) is 11.6 Å². The molecule has 0 radical (unpaired) electrons. The number of dihydropyridines is 1. The molecular weight excluding hydrogens is 493 g/mol. The van der Waals surface area contributed by atoms with Crippen molar-refractivity contribution in [3.8, 4) is 0 Å². The third-order valence-electron chi connectivity index (χ3n) is 6.56. The first-order valence-corrected chi connectivity index (χ1v) is 13.0. The molecule has 0 unspecified atom stereocenters. The zero-order chi connectivity index (χ0) is 24.7. The molecule has 1 N–H and O–H groups in total. The summed E-state index contributed by atoms with van der Waals surface area (Å²) in [6.45, 7) is 0.688. The van der Waals surface area contributed by atoms with Crippen molar-refractivity contribution in [2.45, 2.75) is 37.8 Å². The monoisotopic (exact) mass is 516 g/mol. The number of hydrogen-bond donors (Lipinski definition) is 1. The molecule has 3 aliphatic rings. The lowest BCUT2D eigenvalue weighted by Gasteiger charge is -2.36. The molecular formula is C22H24ClF3N4O3S. The van der Waals surface area contributed by atoms with Crippen LogP contribution in [0.3, 0.4) is 0 Å². The lowest BCUT2D eigenvalue weighted by molar-refractivity contribution is -0.138. The van der Waals surface area contributed by atoms with Crippen molar-refractivity contribution >= 4 is 39.1 Å². The Hall–Kier alpha value is -2.24. The number of aliphatic imine (C=N–C) groups is 1. The van der Waals surface area contributed by atoms with E-state index in [-0.39, 0.29) is 55.6 Å². The maximum absolute atomic E-state index is 13.4. The summed E-state index contributed by atoms with van der Waals surface area (Å²) in [5.74, 6) is -0.725. The number of alkyl halides is 4. The number of amides is 1. The highest BCUT2D eigenvalue weighted by atomic mass is 35.5. The molecule has 0 spiro atoms. The zero-order valence-corrected chi connectivity index (χ0v) is 19.8. The minimum Gasteiger partial charge on any atom is -0.337 e. The quantitative estimate of drug-likeness (QED) is 0.617. The molecule has 0 saturated carbocycles. The van der Waals surface area contributed by atoms with E-state index < -0.39 is 32.9 Å². The van der Waals surface area contributed by atoms with Crippen LogP contribution in [0.5, 0.6) is 0 Å². The maximum atomic E-state index is 13.4. The molecule has 4 rings (SSSR count). The molecule has 0 aliphatic carbocycles. The van der Waals surface area contributed by atoms with E-state index in [1.165, 1.54) is 21.3 Å². The summed E-state index contributed by atoms with van der Waals surface area (Å²) >= 11 is 5.59. The highest BCUT2D eigenvalue weighted by molar-refractivity contribution is 7.90. The molecule has 0 bridgehead atoms. The van der Waals surface area contributed by atoms with Crippen molar-refractivity contribution in [1.29, 1.82) is 5.41 Å². The summed E-state index contributed by atoms with van der Waals surface area (Å²) in [4.78, 5) is 19.0. The highest BCUT2D eigenvalue weighted by Crippen LogP contribution is 2.39. The van der Waals surface area contributed by atoms with E-state index in [2.05, 4.69) is 4.99 Å². The summed E-state index contributed by atoms with van der Waals surface area (Å²) in [5.41, 5.74) is 0.958. The van der Waals surface area contributed by atoms with Gasteiger partial charge in [0.25, 0.3) is 5.91 Å². The predicted molar refractivity (Wildman–Crippen MR) is 123 cm³/mol. The Morgan fingerprint density at radius 2 is 1.85 bits per heavy atom. The van der Waals surface area contributed by atoms with Gasteiger partial charge in [0.2, 0.25) is 10.0 Å². The minimum atomic E-state index is -4.44. The van der Waals surface area contributed by atoms with E-state index in [9.17, 15) is 26.4 Å². The van der Waals surface area contributed by atoms with Gasteiger partial charge in [-0.05, 0) is 42.4 Å². The first kappa shape index (κ1) is 24.9. The van der Waals surface area contributed by atoms with Crippen molar-refractivity contribution < 1.29 is 26.4 Å². The van der Waals surface area contributed by atoms with Gasteiger partial charge >= 0.3 is 6.18 Å². The third kappa shape index (κ3) is 4.92. The van der Waals surface area contributed by atoms with Crippen molar-refractivity contribution in [2.24, 2.45) is 4.99 Å². The van der Waals surface area contributed by atoms with Crippen molar-refractivity contribution in [3.05, 3.63) is 46.5 Å². The molecule has 0 aromatic heterocycles. The number of benzene rings is 1. The van der Waals surface area contributed by atoms with Gasteiger partial charge in [0.1, 0.15) is 16.8 Å². The first-order valence-electron chi connectivity index (χ1n) is 10.9. The fourth-order valence-corrected chi connectivity index (χ4v) is 6.04. The minimum absolute atomic E-state index is 0.0301. The Bertz CT molecular complexity index is 1170. The third-order valence-corrected chi connectivity index (χ3v) is 8.76. The molecule has 7 nitrogen and oxygen atoms in total. The number of carbonyl (C=O) groups is 1. The first-order chi connectivity index (χ1) is 16.0. The van der Waals surface area contributed by atoms with E-state index >= 15 is 0 Å². The molecule has 0 atom stereocenters. The van der Waals surface area contributed by atoms with Crippen LogP contribution in [-0.2, 0) is 21.0 Å². The summed E-state index contributed by atoms with van der Waals surface area (Å²) in [5, 5.41) is 7.46. The second kappa shape index (κ2) is 9.43. The Labute approximate surface area is 200 Å². The predicted octanol–water partition coefficient (Wildman–Crippen LogP) is 3.76. The molecule has 1 saturated heterocycles. The Kier molecular flexibility index (Phi) is 6.90. The van der Waals surface area contributed by atoms with E-state index in [0.29, 0.717) is 24.8 Å². The molecule has 1 fully saturated rings. The summed E-state index contributed by atoms with van der Waals surface area (Å²) in [6.07, 6.45) is -3.07. The number of nitrogens with zero attached hydrogens (tertiary/aromatic N) is 3. The number of amidine groups is 1. The van der Waals surface area contributed by atoms with Gasteiger partial charge in [0, 0.05) is 32.6 Å². The van der Waals surface area contributed by atoms with Gasteiger partial charge in [-0.3, -0.25) is 10.2 Å². The molecule has 34 heavy (non-hydrogen) atoms. The average molecular weight is 517 g/mol. The number of rotatable bonds is 4. The summed E-state index contributed by atoms with van der Waals surface area (Å²) in [6, 6.07) is 5.52. The van der Waals surface area contributed by atoms with Crippen molar-refractivity contribution in [3.63, 3.8) is 0 Å². The second-order valence-electron chi connectivity index (χ2n) is 8.62. The Morgan fingerprint density at radius 1 is 1.18 bits per heavy atom. The van der Waals surface area contributed by atoms with Crippen LogP contribution in [0.15, 0.2) is 40.4 Å². The lowest BCUT2D eigenvalue weighted by atomic mass is 9.85. The van der Waals surface area contributed by atoms with Crippen LogP contribution in [0.1, 0.15) is 42.7 Å². The largest absolute Gasteiger partial charge is 0.416 e. The van der Waals surface area contributed by atoms with Gasteiger partial charge in [-0.1, -0.05) is 23.8 Å². The molecule has 12 heteroatoms. The van der Waals surface area contributed by atoms with Crippen LogP contribution < -0.4 is 0 Å². The molecule has 3 heterocycles. The van der Waals surface area contributed by atoms with Crippen molar-refractivity contribution in [1.82, 2.24) is 9.21 Å². The van der Waals surface area contributed by atoms with Crippen LogP contribution in [0.25, 0.3) is 0 Å². The Morgan fingerprint density at radius 3 is 2.50 bits per heavy atom. The van der Waals surface area contributed by atoms with E-state index in [1.807, 2.05) is 0 Å². The van der Waals surface area contributed by atoms with Crippen LogP contribution in [0.4, 0.5) is 13.2 Å². The topological polar surface area (TPSA) is 93.9 Å². The van der Waals surface area contributed by atoms with E-state index in [4.69, 9.17) is 17.0 Å². The van der Waals surface area contributed by atoms with Crippen LogP contribution >= 0.6 is 11.6 Å². The molecule has 184 valence electrons. The molecule has 3 aliphatic heterocycles. The molecule has 1 aromatic carbocycles. The van der Waals surface area contributed by atoms with Gasteiger partial charge < -0.3 is 4.90 Å². The number of carbonyl (C=O) groups excluding carboxylic acids is 1. The lowest BCUT2D eigenvalue weighted by Crippen LogP contribution is -2.47. The number of hydrogen-bond acceptors (Lipinski definition) is 4. The standard InChI is InChI=1S/C22H24ClF3N4O3S/c23-13-34(32,33)30-10-7-15-11-19(27)28-20(17(15)12-30)21(31)29-8-5-14(6-9-29)16-3-1-2-4-18(16)22(24,25)26/h1-4,14,27H,5-13H2. The van der Waals surface area contributed by atoms with Gasteiger partial charge in [-0.2, -0.15) is 17.5 Å². The number of sulfonamides is 1. The normalized spacial score (nSPS) is 20.9.